The van der Waals surface area contributed by atoms with E-state index in [1.807, 2.05) is 0 Å². The standard InChI is InChI=1S/C24H16ClF3N6O/c1-12-8-15(23(35)30-10-12)19-14(9-13-4-2-5-16(25)18(13)33-19)21(24(26,27)28)34-22-20-17(31-11-32-22)6-3-7-29-20/h2-11,21H,1H3,(H,30,35)(H,31,32,34)/t21-/m1/s1. The van der Waals surface area contributed by atoms with Gasteiger partial charge in [-0.1, -0.05) is 23.7 Å². The normalized spacial score (nSPS) is 12.7. The second-order valence-corrected chi connectivity index (χ2v) is 8.28. The quantitative estimate of drug-likeness (QED) is 0.336. The Bertz CT molecular complexity index is 1630. The molecule has 0 fully saturated rings. The topological polar surface area (TPSA) is 96.5 Å². The van der Waals surface area contributed by atoms with Crippen molar-refractivity contribution in [2.45, 2.75) is 19.1 Å². The zero-order chi connectivity index (χ0) is 24.7. The predicted molar refractivity (Wildman–Crippen MR) is 127 cm³/mol. The molecule has 0 spiro atoms. The zero-order valence-electron chi connectivity index (χ0n) is 18.1. The summed E-state index contributed by atoms with van der Waals surface area (Å²) in [5.41, 5.74) is 0.496. The molecule has 0 aliphatic heterocycles. The van der Waals surface area contributed by atoms with E-state index in [2.05, 4.69) is 30.2 Å². The second-order valence-electron chi connectivity index (χ2n) is 7.87. The lowest BCUT2D eigenvalue weighted by Gasteiger charge is -2.25. The molecule has 4 heterocycles. The average Bonchev–Trinajstić information content (AvgIpc) is 2.83. The highest BCUT2D eigenvalue weighted by Crippen LogP contribution is 2.41. The third-order valence-electron chi connectivity index (χ3n) is 5.44. The minimum absolute atomic E-state index is 0.0106. The summed E-state index contributed by atoms with van der Waals surface area (Å²) in [6.45, 7) is 1.71. The Hall–Kier alpha value is -4.05. The Kier molecular flexibility index (Phi) is 5.60. The number of nitrogens with one attached hydrogen (secondary N) is 2. The van der Waals surface area contributed by atoms with Gasteiger partial charge in [0.2, 0.25) is 0 Å². The molecule has 7 nitrogen and oxygen atoms in total. The maximum absolute atomic E-state index is 14.6. The number of hydrogen-bond acceptors (Lipinski definition) is 6. The van der Waals surface area contributed by atoms with Crippen LogP contribution < -0.4 is 10.9 Å². The first kappa shape index (κ1) is 22.7. The molecule has 1 atom stereocenters. The lowest BCUT2D eigenvalue weighted by Crippen LogP contribution is -2.29. The van der Waals surface area contributed by atoms with Crippen LogP contribution in [0.25, 0.3) is 33.2 Å². The van der Waals surface area contributed by atoms with Gasteiger partial charge in [-0.15, -0.1) is 0 Å². The number of aromatic nitrogens is 5. The largest absolute Gasteiger partial charge is 0.412 e. The molecule has 0 radical (unpaired) electrons. The van der Waals surface area contributed by atoms with Gasteiger partial charge in [-0.2, -0.15) is 13.2 Å². The smallest absolute Gasteiger partial charge is 0.353 e. The van der Waals surface area contributed by atoms with Crippen LogP contribution in [0.2, 0.25) is 5.02 Å². The maximum atomic E-state index is 14.6. The molecular formula is C24H16ClF3N6O. The molecule has 1 aromatic carbocycles. The number of hydrogen-bond donors (Lipinski definition) is 2. The first-order chi connectivity index (χ1) is 16.7. The SMILES string of the molecule is Cc1c[nH]c(=O)c(-c2nc3c(Cl)cccc3cc2[C@@H](Nc2ncnc3cccnc23)C(F)(F)F)c1. The Morgan fingerprint density at radius 2 is 1.89 bits per heavy atom. The average molecular weight is 497 g/mol. The molecule has 0 bridgehead atoms. The Morgan fingerprint density at radius 3 is 2.69 bits per heavy atom. The van der Waals surface area contributed by atoms with Crippen LogP contribution in [0.5, 0.6) is 0 Å². The highest BCUT2D eigenvalue weighted by molar-refractivity contribution is 6.35. The van der Waals surface area contributed by atoms with Crippen LogP contribution in [0, 0.1) is 6.92 Å². The number of nitrogens with zero attached hydrogens (tertiary/aromatic N) is 4. The number of para-hydroxylation sites is 1. The molecule has 5 rings (SSSR count). The van der Waals surface area contributed by atoms with Crippen molar-refractivity contribution < 1.29 is 13.2 Å². The number of benzene rings is 1. The molecule has 2 N–H and O–H groups in total. The van der Waals surface area contributed by atoms with Crippen molar-refractivity contribution in [3.8, 4) is 11.3 Å². The molecule has 4 aromatic heterocycles. The fourth-order valence-electron chi connectivity index (χ4n) is 3.85. The zero-order valence-corrected chi connectivity index (χ0v) is 18.8. The number of alkyl halides is 3. The Labute approximate surface area is 201 Å². The van der Waals surface area contributed by atoms with Crippen LogP contribution >= 0.6 is 11.6 Å². The summed E-state index contributed by atoms with van der Waals surface area (Å²) in [5, 5.41) is 3.12. The van der Waals surface area contributed by atoms with Gasteiger partial charge in [-0.3, -0.25) is 9.78 Å². The van der Waals surface area contributed by atoms with Crippen LogP contribution in [0.4, 0.5) is 19.0 Å². The summed E-state index contributed by atoms with van der Waals surface area (Å²) in [6, 6.07) is 8.61. The number of aromatic amines is 1. The molecule has 35 heavy (non-hydrogen) atoms. The highest BCUT2D eigenvalue weighted by Gasteiger charge is 2.43. The molecule has 0 saturated carbocycles. The van der Waals surface area contributed by atoms with Gasteiger partial charge in [0.1, 0.15) is 11.8 Å². The van der Waals surface area contributed by atoms with E-state index >= 15 is 0 Å². The summed E-state index contributed by atoms with van der Waals surface area (Å²) >= 11 is 6.29. The van der Waals surface area contributed by atoms with Gasteiger partial charge in [-0.25, -0.2) is 15.0 Å². The summed E-state index contributed by atoms with van der Waals surface area (Å²) in [6.07, 6.45) is -0.718. The van der Waals surface area contributed by atoms with Gasteiger partial charge in [0.15, 0.2) is 11.9 Å². The van der Waals surface area contributed by atoms with Crippen molar-refractivity contribution >= 4 is 39.4 Å². The van der Waals surface area contributed by atoms with Crippen molar-refractivity contribution in [2.75, 3.05) is 5.32 Å². The first-order valence-electron chi connectivity index (χ1n) is 10.4. The highest BCUT2D eigenvalue weighted by atomic mass is 35.5. The molecule has 0 aliphatic carbocycles. The number of anilines is 1. The summed E-state index contributed by atoms with van der Waals surface area (Å²) in [5.74, 6) is -0.104. The van der Waals surface area contributed by atoms with E-state index in [4.69, 9.17) is 11.6 Å². The molecule has 176 valence electrons. The summed E-state index contributed by atoms with van der Waals surface area (Å²) in [7, 11) is 0. The molecule has 0 unspecified atom stereocenters. The molecular weight excluding hydrogens is 481 g/mol. The number of halogens is 4. The van der Waals surface area contributed by atoms with Gasteiger partial charge in [0.05, 0.1) is 27.3 Å². The number of pyridine rings is 3. The first-order valence-corrected chi connectivity index (χ1v) is 10.8. The summed E-state index contributed by atoms with van der Waals surface area (Å²) in [4.78, 5) is 31.9. The fraction of sp³-hybridized carbons (Fsp3) is 0.125. The van der Waals surface area contributed by atoms with Gasteiger partial charge < -0.3 is 10.3 Å². The van der Waals surface area contributed by atoms with Crippen LogP contribution in [-0.2, 0) is 0 Å². The van der Waals surface area contributed by atoms with Crippen molar-refractivity contribution in [1.82, 2.24) is 24.9 Å². The van der Waals surface area contributed by atoms with E-state index in [1.165, 1.54) is 24.5 Å². The van der Waals surface area contributed by atoms with Crippen LogP contribution in [0.3, 0.4) is 0 Å². The van der Waals surface area contributed by atoms with E-state index in [0.29, 0.717) is 16.5 Å². The van der Waals surface area contributed by atoms with Gasteiger partial charge in [0, 0.05) is 23.3 Å². The summed E-state index contributed by atoms with van der Waals surface area (Å²) < 4.78 is 43.7. The van der Waals surface area contributed by atoms with Crippen LogP contribution in [-0.4, -0.2) is 31.1 Å². The number of fused-ring (bicyclic) bond motifs is 2. The predicted octanol–water partition coefficient (Wildman–Crippen LogP) is 5.61. The Balaban J connectivity index is 1.79. The van der Waals surface area contributed by atoms with E-state index < -0.39 is 17.8 Å². The van der Waals surface area contributed by atoms with E-state index in [9.17, 15) is 18.0 Å². The van der Waals surface area contributed by atoms with E-state index in [-0.39, 0.29) is 38.7 Å². The molecule has 0 aliphatic rings. The third kappa shape index (κ3) is 4.28. The van der Waals surface area contributed by atoms with Crippen molar-refractivity contribution in [2.24, 2.45) is 0 Å². The van der Waals surface area contributed by atoms with Gasteiger partial charge >= 0.3 is 6.18 Å². The lowest BCUT2D eigenvalue weighted by molar-refractivity contribution is -0.143. The molecule has 0 amide bonds. The van der Waals surface area contributed by atoms with Gasteiger partial charge in [0.25, 0.3) is 5.56 Å². The van der Waals surface area contributed by atoms with Crippen LogP contribution in [0.1, 0.15) is 17.2 Å². The van der Waals surface area contributed by atoms with Crippen molar-refractivity contribution in [3.63, 3.8) is 0 Å². The lowest BCUT2D eigenvalue weighted by atomic mass is 9.97. The van der Waals surface area contributed by atoms with E-state index in [1.54, 1.807) is 37.3 Å². The monoisotopic (exact) mass is 496 g/mol. The molecule has 11 heteroatoms. The fourth-order valence-corrected chi connectivity index (χ4v) is 4.08. The maximum Gasteiger partial charge on any atom is 0.412 e. The van der Waals surface area contributed by atoms with E-state index in [0.717, 1.165) is 6.33 Å². The molecule has 0 saturated heterocycles. The minimum Gasteiger partial charge on any atom is -0.353 e. The number of aryl methyl sites for hydroxylation is 1. The van der Waals surface area contributed by atoms with Crippen molar-refractivity contribution in [1.29, 1.82) is 0 Å². The van der Waals surface area contributed by atoms with Gasteiger partial charge in [-0.05, 0) is 42.8 Å². The second kappa shape index (κ2) is 8.62. The third-order valence-corrected chi connectivity index (χ3v) is 5.75. The van der Waals surface area contributed by atoms with Crippen molar-refractivity contribution in [3.05, 3.63) is 87.7 Å². The number of rotatable bonds is 4. The minimum atomic E-state index is -4.79. The molecule has 5 aromatic rings. The van der Waals surface area contributed by atoms with Crippen LogP contribution in [0.15, 0.2) is 66.0 Å². The Morgan fingerprint density at radius 1 is 1.06 bits per heavy atom. The number of H-pyrrole nitrogens is 1.